The predicted octanol–water partition coefficient (Wildman–Crippen LogP) is 2.82. The molecule has 0 atom stereocenters. The summed E-state index contributed by atoms with van der Waals surface area (Å²) in [7, 11) is 4.09. The monoisotopic (exact) mass is 336 g/mol. The van der Waals surface area contributed by atoms with Crippen molar-refractivity contribution in [3.63, 3.8) is 0 Å². The van der Waals surface area contributed by atoms with Crippen molar-refractivity contribution in [1.82, 2.24) is 24.5 Å². The highest BCUT2D eigenvalue weighted by molar-refractivity contribution is 5.93. The lowest BCUT2D eigenvalue weighted by Crippen LogP contribution is -2.22. The smallest absolute Gasteiger partial charge is 0.211 e. The first-order chi connectivity index (χ1) is 12.1. The minimum atomic E-state index is 0.642. The molecule has 0 aliphatic carbocycles. The number of furan rings is 1. The highest BCUT2D eigenvalue weighted by Crippen LogP contribution is 2.27. The predicted molar refractivity (Wildman–Crippen MR) is 97.8 cm³/mol. The minimum absolute atomic E-state index is 0.642. The molecular weight excluding hydrogens is 316 g/mol. The van der Waals surface area contributed by atoms with Gasteiger partial charge in [0.25, 0.3) is 0 Å². The number of likely N-dealkylation sites (N-methyl/N-ethyl adjacent to an activating group) is 1. The molecule has 0 fully saturated rings. The highest BCUT2D eigenvalue weighted by atomic mass is 16.3. The molecule has 0 radical (unpaired) electrons. The first kappa shape index (κ1) is 15.6. The van der Waals surface area contributed by atoms with Crippen LogP contribution < -0.4 is 5.32 Å². The number of hydrogen-bond acceptors (Lipinski definition) is 6. The Bertz CT molecular complexity index is 1020. The summed E-state index contributed by atoms with van der Waals surface area (Å²) in [5.74, 6) is 2.02. The van der Waals surface area contributed by atoms with Gasteiger partial charge in [-0.1, -0.05) is 11.6 Å². The molecule has 0 amide bonds. The topological polar surface area (TPSA) is 71.5 Å². The van der Waals surface area contributed by atoms with Crippen molar-refractivity contribution < 1.29 is 4.42 Å². The standard InChI is InChI=1S/C18H20N6O/c1-12-6-7-14-13(11-12)16-21-22-17(15-5-4-10-25-15)24(16)18(20-14)19-8-9-23(2)3/h4-7,10-11H,8-9H2,1-3H3,(H,19,20). The van der Waals surface area contributed by atoms with Crippen LogP contribution >= 0.6 is 0 Å². The molecule has 0 bridgehead atoms. The SMILES string of the molecule is Cc1ccc2nc(NCCN(C)C)n3c(-c4ccco4)nnc3c2c1. The fourth-order valence-electron chi connectivity index (χ4n) is 2.83. The summed E-state index contributed by atoms with van der Waals surface area (Å²) in [6.45, 7) is 3.72. The van der Waals surface area contributed by atoms with Crippen LogP contribution in [0, 0.1) is 6.92 Å². The molecule has 7 nitrogen and oxygen atoms in total. The van der Waals surface area contributed by atoms with E-state index in [0.717, 1.165) is 35.2 Å². The van der Waals surface area contributed by atoms with Gasteiger partial charge in [0.2, 0.25) is 11.8 Å². The Labute approximate surface area is 145 Å². The summed E-state index contributed by atoms with van der Waals surface area (Å²) in [5, 5.41) is 13.1. The summed E-state index contributed by atoms with van der Waals surface area (Å²) >= 11 is 0. The van der Waals surface area contributed by atoms with Crippen molar-refractivity contribution in [2.24, 2.45) is 0 Å². The van der Waals surface area contributed by atoms with Crippen molar-refractivity contribution in [3.05, 3.63) is 42.2 Å². The van der Waals surface area contributed by atoms with E-state index in [0.29, 0.717) is 17.5 Å². The molecule has 4 rings (SSSR count). The van der Waals surface area contributed by atoms with Crippen molar-refractivity contribution in [1.29, 1.82) is 0 Å². The third kappa shape index (κ3) is 2.83. The molecule has 7 heteroatoms. The Hall–Kier alpha value is -2.93. The molecule has 1 N–H and O–H groups in total. The molecule has 0 spiro atoms. The van der Waals surface area contributed by atoms with Gasteiger partial charge in [0, 0.05) is 18.5 Å². The van der Waals surface area contributed by atoms with Crippen LogP contribution in [0.25, 0.3) is 28.1 Å². The average molecular weight is 336 g/mol. The Balaban J connectivity index is 1.93. The van der Waals surface area contributed by atoms with Gasteiger partial charge in [0.1, 0.15) is 0 Å². The van der Waals surface area contributed by atoms with E-state index in [1.54, 1.807) is 6.26 Å². The number of rotatable bonds is 5. The number of aromatic nitrogens is 4. The number of nitrogens with zero attached hydrogens (tertiary/aromatic N) is 5. The van der Waals surface area contributed by atoms with Crippen molar-refractivity contribution in [2.75, 3.05) is 32.5 Å². The normalized spacial score (nSPS) is 11.7. The van der Waals surface area contributed by atoms with E-state index in [1.165, 1.54) is 0 Å². The van der Waals surface area contributed by atoms with Crippen LogP contribution in [0.3, 0.4) is 0 Å². The van der Waals surface area contributed by atoms with Gasteiger partial charge < -0.3 is 14.6 Å². The summed E-state index contributed by atoms with van der Waals surface area (Å²) < 4.78 is 7.46. The number of hydrogen-bond donors (Lipinski definition) is 1. The van der Waals surface area contributed by atoms with E-state index >= 15 is 0 Å². The highest BCUT2D eigenvalue weighted by Gasteiger charge is 2.17. The summed E-state index contributed by atoms with van der Waals surface area (Å²) in [4.78, 5) is 6.92. The van der Waals surface area contributed by atoms with E-state index < -0.39 is 0 Å². The van der Waals surface area contributed by atoms with Gasteiger partial charge in [0.05, 0.1) is 11.8 Å². The van der Waals surface area contributed by atoms with E-state index in [1.807, 2.05) is 36.7 Å². The summed E-state index contributed by atoms with van der Waals surface area (Å²) in [6.07, 6.45) is 1.63. The van der Waals surface area contributed by atoms with Crippen molar-refractivity contribution in [2.45, 2.75) is 6.92 Å². The Morgan fingerprint density at radius 1 is 1.20 bits per heavy atom. The van der Waals surface area contributed by atoms with Crippen LogP contribution in [0.15, 0.2) is 41.0 Å². The van der Waals surface area contributed by atoms with Gasteiger partial charge in [0.15, 0.2) is 11.4 Å². The van der Waals surface area contributed by atoms with Crippen LogP contribution in [0.2, 0.25) is 0 Å². The molecule has 0 saturated heterocycles. The molecule has 3 aromatic heterocycles. The van der Waals surface area contributed by atoms with E-state index in [2.05, 4.69) is 39.5 Å². The van der Waals surface area contributed by atoms with Gasteiger partial charge in [-0.15, -0.1) is 10.2 Å². The largest absolute Gasteiger partial charge is 0.461 e. The molecule has 0 saturated carbocycles. The van der Waals surface area contributed by atoms with Crippen molar-refractivity contribution in [3.8, 4) is 11.6 Å². The molecule has 3 heterocycles. The van der Waals surface area contributed by atoms with Gasteiger partial charge in [-0.3, -0.25) is 0 Å². The molecule has 0 unspecified atom stereocenters. The third-order valence-electron chi connectivity index (χ3n) is 4.08. The maximum Gasteiger partial charge on any atom is 0.211 e. The van der Waals surface area contributed by atoms with Crippen LogP contribution in [-0.4, -0.2) is 51.7 Å². The van der Waals surface area contributed by atoms with E-state index in [4.69, 9.17) is 9.40 Å². The number of aryl methyl sites for hydroxylation is 1. The van der Waals surface area contributed by atoms with Gasteiger partial charge >= 0.3 is 0 Å². The Morgan fingerprint density at radius 3 is 2.84 bits per heavy atom. The van der Waals surface area contributed by atoms with Crippen LogP contribution in [-0.2, 0) is 0 Å². The number of benzene rings is 1. The first-order valence-corrected chi connectivity index (χ1v) is 8.21. The molecule has 0 aliphatic heterocycles. The lowest BCUT2D eigenvalue weighted by Gasteiger charge is -2.13. The third-order valence-corrected chi connectivity index (χ3v) is 4.08. The molecule has 1 aromatic carbocycles. The number of anilines is 1. The zero-order valence-corrected chi connectivity index (χ0v) is 14.5. The molecule has 128 valence electrons. The van der Waals surface area contributed by atoms with E-state index in [-0.39, 0.29) is 0 Å². The fourth-order valence-corrected chi connectivity index (χ4v) is 2.83. The van der Waals surface area contributed by atoms with Gasteiger partial charge in [-0.05, 0) is 45.3 Å². The second-order valence-corrected chi connectivity index (χ2v) is 6.35. The van der Waals surface area contributed by atoms with Gasteiger partial charge in [-0.2, -0.15) is 0 Å². The van der Waals surface area contributed by atoms with Crippen LogP contribution in [0.4, 0.5) is 5.95 Å². The minimum Gasteiger partial charge on any atom is -0.461 e. The lowest BCUT2D eigenvalue weighted by atomic mass is 10.1. The zero-order valence-electron chi connectivity index (χ0n) is 14.5. The maximum absolute atomic E-state index is 5.53. The summed E-state index contributed by atoms with van der Waals surface area (Å²) in [5.41, 5.74) is 2.82. The quantitative estimate of drug-likeness (QED) is 0.604. The fraction of sp³-hybridized carbons (Fsp3) is 0.278. The summed E-state index contributed by atoms with van der Waals surface area (Å²) in [6, 6.07) is 9.87. The van der Waals surface area contributed by atoms with Crippen LogP contribution in [0.1, 0.15) is 5.56 Å². The van der Waals surface area contributed by atoms with Crippen LogP contribution in [0.5, 0.6) is 0 Å². The second kappa shape index (κ2) is 6.18. The second-order valence-electron chi connectivity index (χ2n) is 6.35. The van der Waals surface area contributed by atoms with Gasteiger partial charge in [-0.25, -0.2) is 9.38 Å². The lowest BCUT2D eigenvalue weighted by molar-refractivity contribution is 0.425. The molecule has 4 aromatic rings. The maximum atomic E-state index is 5.53. The Kier molecular flexibility index (Phi) is 3.85. The molecule has 0 aliphatic rings. The molecule has 25 heavy (non-hydrogen) atoms. The number of nitrogens with one attached hydrogen (secondary N) is 1. The zero-order chi connectivity index (χ0) is 17.4. The van der Waals surface area contributed by atoms with E-state index in [9.17, 15) is 0 Å². The Morgan fingerprint density at radius 2 is 2.08 bits per heavy atom. The molecular formula is C18H20N6O. The van der Waals surface area contributed by atoms with Crippen molar-refractivity contribution >= 4 is 22.5 Å². The number of fused-ring (bicyclic) bond motifs is 3. The first-order valence-electron chi connectivity index (χ1n) is 8.21. The average Bonchev–Trinajstić information content (AvgIpc) is 3.24.